The second-order valence-electron chi connectivity index (χ2n) is 3.07. The molecule has 1 unspecified atom stereocenters. The zero-order valence-electron chi connectivity index (χ0n) is 7.40. The molecule has 0 aliphatic rings. The summed E-state index contributed by atoms with van der Waals surface area (Å²) in [6.45, 7) is 2.60. The van der Waals surface area contributed by atoms with E-state index >= 15 is 0 Å². The van der Waals surface area contributed by atoms with Crippen LogP contribution in [0.4, 0.5) is 0 Å². The molecule has 0 aromatic carbocycles. The Labute approximate surface area is 75.8 Å². The van der Waals surface area contributed by atoms with Crippen molar-refractivity contribution in [3.63, 3.8) is 0 Å². The summed E-state index contributed by atoms with van der Waals surface area (Å²) < 4.78 is 5.49. The van der Waals surface area contributed by atoms with Gasteiger partial charge in [-0.15, -0.1) is 0 Å². The van der Waals surface area contributed by atoms with Crippen LogP contribution in [0.3, 0.4) is 0 Å². The van der Waals surface area contributed by atoms with Gasteiger partial charge in [0.05, 0.1) is 5.39 Å². The van der Waals surface area contributed by atoms with Gasteiger partial charge in [0, 0.05) is 18.7 Å². The van der Waals surface area contributed by atoms with Crippen LogP contribution >= 0.6 is 0 Å². The van der Waals surface area contributed by atoms with Crippen LogP contribution in [0, 0.1) is 0 Å². The van der Waals surface area contributed by atoms with Gasteiger partial charge >= 0.3 is 0 Å². The van der Waals surface area contributed by atoms with Crippen LogP contribution < -0.4 is 5.73 Å². The van der Waals surface area contributed by atoms with E-state index in [2.05, 4.69) is 9.97 Å². The number of nitrogens with zero attached hydrogens (tertiary/aromatic N) is 2. The van der Waals surface area contributed by atoms with E-state index in [4.69, 9.17) is 10.2 Å². The second-order valence-corrected chi connectivity index (χ2v) is 3.07. The monoisotopic (exact) mass is 177 g/mol. The SMILES string of the molecule is CC(CN)c1cc2cncnc2o1. The summed E-state index contributed by atoms with van der Waals surface area (Å²) in [6, 6.07) is 1.94. The zero-order valence-corrected chi connectivity index (χ0v) is 7.40. The Morgan fingerprint density at radius 2 is 2.46 bits per heavy atom. The largest absolute Gasteiger partial charge is 0.442 e. The van der Waals surface area contributed by atoms with Gasteiger partial charge in [-0.25, -0.2) is 9.97 Å². The quantitative estimate of drug-likeness (QED) is 0.750. The van der Waals surface area contributed by atoms with E-state index in [9.17, 15) is 0 Å². The van der Waals surface area contributed by atoms with Crippen LogP contribution in [0.2, 0.25) is 0 Å². The maximum absolute atomic E-state index is 5.53. The maximum atomic E-state index is 5.53. The second kappa shape index (κ2) is 3.14. The molecule has 68 valence electrons. The van der Waals surface area contributed by atoms with Crippen molar-refractivity contribution in [1.29, 1.82) is 0 Å². The van der Waals surface area contributed by atoms with Crippen LogP contribution in [0.1, 0.15) is 18.6 Å². The first-order valence-electron chi connectivity index (χ1n) is 4.20. The fourth-order valence-corrected chi connectivity index (χ4v) is 1.17. The van der Waals surface area contributed by atoms with E-state index in [0.29, 0.717) is 12.3 Å². The predicted molar refractivity (Wildman–Crippen MR) is 49.3 cm³/mol. The molecule has 0 aliphatic carbocycles. The van der Waals surface area contributed by atoms with E-state index in [1.54, 1.807) is 6.20 Å². The van der Waals surface area contributed by atoms with Gasteiger partial charge in [0.2, 0.25) is 5.71 Å². The van der Waals surface area contributed by atoms with E-state index in [-0.39, 0.29) is 5.92 Å². The molecule has 0 aliphatic heterocycles. The lowest BCUT2D eigenvalue weighted by Crippen LogP contribution is -2.07. The molecule has 0 amide bonds. The maximum Gasteiger partial charge on any atom is 0.229 e. The normalized spacial score (nSPS) is 13.4. The van der Waals surface area contributed by atoms with Gasteiger partial charge in [-0.1, -0.05) is 6.92 Å². The van der Waals surface area contributed by atoms with Gasteiger partial charge in [-0.3, -0.25) is 0 Å². The van der Waals surface area contributed by atoms with Crippen LogP contribution in [-0.4, -0.2) is 16.5 Å². The summed E-state index contributed by atoms with van der Waals surface area (Å²) in [4.78, 5) is 7.91. The summed E-state index contributed by atoms with van der Waals surface area (Å²) in [6.07, 6.45) is 3.21. The van der Waals surface area contributed by atoms with E-state index in [0.717, 1.165) is 11.1 Å². The third-order valence-corrected chi connectivity index (χ3v) is 2.05. The average Bonchev–Trinajstić information content (AvgIpc) is 2.59. The first-order valence-corrected chi connectivity index (χ1v) is 4.20. The number of hydrogen-bond donors (Lipinski definition) is 1. The van der Waals surface area contributed by atoms with Crippen LogP contribution in [0.15, 0.2) is 23.0 Å². The lowest BCUT2D eigenvalue weighted by molar-refractivity contribution is 0.502. The molecule has 0 spiro atoms. The average molecular weight is 177 g/mol. The number of aromatic nitrogens is 2. The number of fused-ring (bicyclic) bond motifs is 1. The highest BCUT2D eigenvalue weighted by Gasteiger charge is 2.09. The minimum absolute atomic E-state index is 0.231. The summed E-state index contributed by atoms with van der Waals surface area (Å²) in [5.41, 5.74) is 6.16. The molecule has 2 aromatic rings. The van der Waals surface area contributed by atoms with Gasteiger partial charge in [0.15, 0.2) is 0 Å². The smallest absolute Gasteiger partial charge is 0.229 e. The summed E-state index contributed by atoms with van der Waals surface area (Å²) in [5, 5.41) is 0.929. The minimum atomic E-state index is 0.231. The standard InChI is InChI=1S/C9H11N3O/c1-6(3-10)8-2-7-4-11-5-12-9(7)13-8/h2,4-6H,3,10H2,1H3. The minimum Gasteiger partial charge on any atom is -0.442 e. The van der Waals surface area contributed by atoms with Crippen molar-refractivity contribution in [2.75, 3.05) is 6.54 Å². The lowest BCUT2D eigenvalue weighted by atomic mass is 10.1. The molecule has 13 heavy (non-hydrogen) atoms. The van der Waals surface area contributed by atoms with Gasteiger partial charge < -0.3 is 10.2 Å². The van der Waals surface area contributed by atoms with Crippen molar-refractivity contribution >= 4 is 11.1 Å². The van der Waals surface area contributed by atoms with Crippen LogP contribution in [0.25, 0.3) is 11.1 Å². The Kier molecular flexibility index (Phi) is 1.98. The molecule has 2 heterocycles. The van der Waals surface area contributed by atoms with Crippen molar-refractivity contribution in [3.8, 4) is 0 Å². The third kappa shape index (κ3) is 1.40. The Bertz CT molecular complexity index is 377. The molecule has 4 nitrogen and oxygen atoms in total. The van der Waals surface area contributed by atoms with Gasteiger partial charge in [0.25, 0.3) is 0 Å². The highest BCUT2D eigenvalue weighted by molar-refractivity contribution is 5.72. The van der Waals surface area contributed by atoms with Crippen molar-refractivity contribution in [2.24, 2.45) is 5.73 Å². The molecular weight excluding hydrogens is 166 g/mol. The molecule has 0 saturated carbocycles. The first-order chi connectivity index (χ1) is 6.31. The number of furan rings is 1. The fraction of sp³-hybridized carbons (Fsp3) is 0.333. The fourth-order valence-electron chi connectivity index (χ4n) is 1.17. The van der Waals surface area contributed by atoms with Crippen molar-refractivity contribution < 1.29 is 4.42 Å². The summed E-state index contributed by atoms with van der Waals surface area (Å²) in [5.74, 6) is 1.10. The van der Waals surface area contributed by atoms with Gasteiger partial charge in [0.1, 0.15) is 12.1 Å². The van der Waals surface area contributed by atoms with Crippen molar-refractivity contribution in [2.45, 2.75) is 12.8 Å². The van der Waals surface area contributed by atoms with E-state index in [1.165, 1.54) is 6.33 Å². The van der Waals surface area contributed by atoms with Crippen LogP contribution in [0.5, 0.6) is 0 Å². The first kappa shape index (κ1) is 8.19. The summed E-state index contributed by atoms with van der Waals surface area (Å²) in [7, 11) is 0. The Hall–Kier alpha value is -1.42. The van der Waals surface area contributed by atoms with Gasteiger partial charge in [-0.2, -0.15) is 0 Å². The third-order valence-electron chi connectivity index (χ3n) is 2.05. The number of rotatable bonds is 2. The number of hydrogen-bond acceptors (Lipinski definition) is 4. The highest BCUT2D eigenvalue weighted by Crippen LogP contribution is 2.21. The molecule has 2 aromatic heterocycles. The Morgan fingerprint density at radius 1 is 1.62 bits per heavy atom. The van der Waals surface area contributed by atoms with Crippen molar-refractivity contribution in [3.05, 3.63) is 24.4 Å². The molecule has 0 bridgehead atoms. The molecule has 1 atom stereocenters. The van der Waals surface area contributed by atoms with E-state index in [1.807, 2.05) is 13.0 Å². The molecule has 0 radical (unpaired) electrons. The lowest BCUT2D eigenvalue weighted by Gasteiger charge is -2.01. The molecule has 0 saturated heterocycles. The number of nitrogens with two attached hydrogens (primary N) is 1. The molecule has 2 N–H and O–H groups in total. The topological polar surface area (TPSA) is 64.9 Å². The molecule has 2 rings (SSSR count). The molecule has 4 heteroatoms. The Morgan fingerprint density at radius 3 is 3.15 bits per heavy atom. The van der Waals surface area contributed by atoms with E-state index < -0.39 is 0 Å². The Balaban J connectivity index is 2.49. The summed E-state index contributed by atoms with van der Waals surface area (Å²) >= 11 is 0. The van der Waals surface area contributed by atoms with Crippen LogP contribution in [-0.2, 0) is 0 Å². The van der Waals surface area contributed by atoms with Crippen molar-refractivity contribution in [1.82, 2.24) is 9.97 Å². The zero-order chi connectivity index (χ0) is 9.26. The highest BCUT2D eigenvalue weighted by atomic mass is 16.3. The molecular formula is C9H11N3O. The predicted octanol–water partition coefficient (Wildman–Crippen LogP) is 1.29. The van der Waals surface area contributed by atoms with Gasteiger partial charge in [-0.05, 0) is 6.07 Å². The molecule has 0 fully saturated rings.